The zero-order valence-corrected chi connectivity index (χ0v) is 12.9. The van der Waals surface area contributed by atoms with Crippen LogP contribution < -0.4 is 5.32 Å². The largest absolute Gasteiger partial charge is 0.316 e. The molecule has 2 rings (SSSR count). The Kier molecular flexibility index (Phi) is 5.59. The minimum Gasteiger partial charge on any atom is -0.316 e. The van der Waals surface area contributed by atoms with Gasteiger partial charge in [0, 0.05) is 17.2 Å². The average molecular weight is 312 g/mol. The Bertz CT molecular complexity index is 558. The molecule has 0 aromatic heterocycles. The van der Waals surface area contributed by atoms with Gasteiger partial charge in [-0.25, -0.2) is 0 Å². The van der Waals surface area contributed by atoms with Crippen LogP contribution in [0.2, 0.25) is 10.0 Å². The average Bonchev–Trinajstić information content (AvgIpc) is 2.41. The Morgan fingerprint density at radius 2 is 1.89 bits per heavy atom. The molecule has 2 aromatic rings. The fourth-order valence-electron chi connectivity index (χ4n) is 1.77. The molecule has 0 saturated carbocycles. The van der Waals surface area contributed by atoms with Gasteiger partial charge in [0.1, 0.15) is 0 Å². The van der Waals surface area contributed by atoms with E-state index in [4.69, 9.17) is 23.2 Å². The molecule has 0 heterocycles. The van der Waals surface area contributed by atoms with Gasteiger partial charge >= 0.3 is 0 Å². The van der Waals surface area contributed by atoms with Crippen molar-refractivity contribution in [3.8, 4) is 0 Å². The first-order valence-electron chi connectivity index (χ1n) is 6.00. The summed E-state index contributed by atoms with van der Waals surface area (Å²) < 4.78 is 0. The molecule has 0 unspecified atom stereocenters. The number of rotatable bonds is 5. The molecule has 2 aromatic carbocycles. The molecule has 1 nitrogen and oxygen atoms in total. The molecule has 0 amide bonds. The van der Waals surface area contributed by atoms with Crippen molar-refractivity contribution in [1.82, 2.24) is 5.32 Å². The van der Waals surface area contributed by atoms with Crippen molar-refractivity contribution in [2.24, 2.45) is 0 Å². The third-order valence-electron chi connectivity index (χ3n) is 2.71. The Balaban J connectivity index is 2.06. The lowest BCUT2D eigenvalue weighted by molar-refractivity contribution is 0.815. The maximum absolute atomic E-state index is 6.19. The highest BCUT2D eigenvalue weighted by Gasteiger charge is 2.05. The van der Waals surface area contributed by atoms with Crippen molar-refractivity contribution in [2.45, 2.75) is 17.2 Å². The van der Waals surface area contributed by atoms with E-state index in [9.17, 15) is 0 Å². The van der Waals surface area contributed by atoms with Crippen molar-refractivity contribution >= 4 is 35.0 Å². The van der Waals surface area contributed by atoms with E-state index >= 15 is 0 Å². The summed E-state index contributed by atoms with van der Waals surface area (Å²) in [6, 6.07) is 14.3. The van der Waals surface area contributed by atoms with Crippen LogP contribution in [0.15, 0.2) is 47.4 Å². The Morgan fingerprint density at radius 1 is 1.11 bits per heavy atom. The fraction of sp³-hybridized carbons (Fsp3) is 0.200. The molecular weight excluding hydrogens is 297 g/mol. The highest BCUT2D eigenvalue weighted by molar-refractivity contribution is 7.98. The highest BCUT2D eigenvalue weighted by atomic mass is 35.5. The third-order valence-corrected chi connectivity index (χ3v) is 4.61. The molecule has 0 saturated heterocycles. The lowest BCUT2D eigenvalue weighted by Crippen LogP contribution is -2.04. The van der Waals surface area contributed by atoms with Gasteiger partial charge in [0.2, 0.25) is 0 Å². The standard InChI is InChI=1S/C15H15Cl2NS/c1-18-9-11-4-2-6-13(8-11)19-10-12-5-3-7-14(16)15(12)17/h2-8,18H,9-10H2,1H3. The number of hydrogen-bond donors (Lipinski definition) is 1. The van der Waals surface area contributed by atoms with Gasteiger partial charge < -0.3 is 5.32 Å². The number of halogens is 2. The quantitative estimate of drug-likeness (QED) is 0.779. The molecule has 1 N–H and O–H groups in total. The van der Waals surface area contributed by atoms with Gasteiger partial charge in [-0.05, 0) is 36.4 Å². The minimum atomic E-state index is 0.615. The lowest BCUT2D eigenvalue weighted by Gasteiger charge is -2.07. The first-order valence-corrected chi connectivity index (χ1v) is 7.74. The molecule has 0 bridgehead atoms. The van der Waals surface area contributed by atoms with Crippen LogP contribution >= 0.6 is 35.0 Å². The molecule has 19 heavy (non-hydrogen) atoms. The summed E-state index contributed by atoms with van der Waals surface area (Å²) in [7, 11) is 1.95. The van der Waals surface area contributed by atoms with Crippen molar-refractivity contribution < 1.29 is 0 Å². The molecule has 100 valence electrons. The minimum absolute atomic E-state index is 0.615. The van der Waals surface area contributed by atoms with Crippen molar-refractivity contribution in [3.05, 3.63) is 63.6 Å². The third kappa shape index (κ3) is 4.15. The Morgan fingerprint density at radius 3 is 2.68 bits per heavy atom. The van der Waals surface area contributed by atoms with Crippen LogP contribution in [0.3, 0.4) is 0 Å². The molecule has 0 atom stereocenters. The molecule has 0 aliphatic heterocycles. The number of hydrogen-bond acceptors (Lipinski definition) is 2. The van der Waals surface area contributed by atoms with Crippen molar-refractivity contribution in [2.75, 3.05) is 7.05 Å². The summed E-state index contributed by atoms with van der Waals surface area (Å²) in [4.78, 5) is 1.24. The monoisotopic (exact) mass is 311 g/mol. The van der Waals surface area contributed by atoms with E-state index < -0.39 is 0 Å². The van der Waals surface area contributed by atoms with E-state index in [1.165, 1.54) is 10.5 Å². The predicted octanol–water partition coefficient (Wildman–Crippen LogP) is 5.01. The summed E-state index contributed by atoms with van der Waals surface area (Å²) in [5.74, 6) is 0.822. The lowest BCUT2D eigenvalue weighted by atomic mass is 10.2. The van der Waals surface area contributed by atoms with E-state index in [2.05, 4.69) is 29.6 Å². The van der Waals surface area contributed by atoms with Gasteiger partial charge in [-0.1, -0.05) is 47.5 Å². The molecule has 0 spiro atoms. The van der Waals surface area contributed by atoms with Gasteiger partial charge in [-0.15, -0.1) is 11.8 Å². The summed E-state index contributed by atoms with van der Waals surface area (Å²) in [6.45, 7) is 0.881. The topological polar surface area (TPSA) is 12.0 Å². The zero-order valence-electron chi connectivity index (χ0n) is 10.6. The smallest absolute Gasteiger partial charge is 0.0632 e. The first-order chi connectivity index (χ1) is 9.20. The number of nitrogens with one attached hydrogen (secondary N) is 1. The van der Waals surface area contributed by atoms with E-state index in [0.717, 1.165) is 17.9 Å². The SMILES string of the molecule is CNCc1cccc(SCc2cccc(Cl)c2Cl)c1. The van der Waals surface area contributed by atoms with Gasteiger partial charge in [-0.3, -0.25) is 0 Å². The Labute approximate surface area is 128 Å². The summed E-state index contributed by atoms with van der Waals surface area (Å²) >= 11 is 14.0. The molecule has 0 radical (unpaired) electrons. The van der Waals surface area contributed by atoms with Crippen LogP contribution in [0, 0.1) is 0 Å². The molecule has 0 fully saturated rings. The van der Waals surface area contributed by atoms with Crippen molar-refractivity contribution in [1.29, 1.82) is 0 Å². The molecular formula is C15H15Cl2NS. The van der Waals surface area contributed by atoms with E-state index in [-0.39, 0.29) is 0 Å². The van der Waals surface area contributed by atoms with Crippen molar-refractivity contribution in [3.63, 3.8) is 0 Å². The molecule has 0 aliphatic rings. The maximum Gasteiger partial charge on any atom is 0.0632 e. The van der Waals surface area contributed by atoms with Crippen LogP contribution in [0.4, 0.5) is 0 Å². The number of benzene rings is 2. The van der Waals surface area contributed by atoms with Gasteiger partial charge in [-0.2, -0.15) is 0 Å². The highest BCUT2D eigenvalue weighted by Crippen LogP contribution is 2.31. The van der Waals surface area contributed by atoms with E-state index in [1.54, 1.807) is 11.8 Å². The second kappa shape index (κ2) is 7.20. The Hall–Kier alpha value is -0.670. The summed E-state index contributed by atoms with van der Waals surface area (Å²) in [5.41, 5.74) is 2.35. The van der Waals surface area contributed by atoms with Gasteiger partial charge in [0.05, 0.1) is 10.0 Å². The fourth-order valence-corrected chi connectivity index (χ4v) is 3.21. The predicted molar refractivity (Wildman–Crippen MR) is 85.2 cm³/mol. The normalized spacial score (nSPS) is 10.7. The summed E-state index contributed by atoms with van der Waals surface area (Å²) in [6.07, 6.45) is 0. The van der Waals surface area contributed by atoms with Crippen LogP contribution in [-0.4, -0.2) is 7.05 Å². The maximum atomic E-state index is 6.19. The molecule has 0 aliphatic carbocycles. The van der Waals surface area contributed by atoms with Crippen LogP contribution in [-0.2, 0) is 12.3 Å². The second-order valence-corrected chi connectivity index (χ2v) is 6.01. The van der Waals surface area contributed by atoms with E-state index in [1.807, 2.05) is 25.2 Å². The van der Waals surface area contributed by atoms with Gasteiger partial charge in [0.25, 0.3) is 0 Å². The summed E-state index contributed by atoms with van der Waals surface area (Å²) in [5, 5.41) is 4.42. The second-order valence-electron chi connectivity index (χ2n) is 4.18. The van der Waals surface area contributed by atoms with Gasteiger partial charge in [0.15, 0.2) is 0 Å². The van der Waals surface area contributed by atoms with Crippen LogP contribution in [0.25, 0.3) is 0 Å². The molecule has 4 heteroatoms. The van der Waals surface area contributed by atoms with Crippen LogP contribution in [0.1, 0.15) is 11.1 Å². The van der Waals surface area contributed by atoms with Crippen LogP contribution in [0.5, 0.6) is 0 Å². The zero-order chi connectivity index (χ0) is 13.7. The van der Waals surface area contributed by atoms with E-state index in [0.29, 0.717) is 10.0 Å². The first kappa shape index (κ1) is 14.7. The number of thioether (sulfide) groups is 1.